The lowest BCUT2D eigenvalue weighted by Crippen LogP contribution is -2.62. The molecule has 0 radical (unpaired) electrons. The molecular weight excluding hydrogens is 518 g/mol. The monoisotopic (exact) mass is 545 g/mol. The van der Waals surface area contributed by atoms with Gasteiger partial charge < -0.3 is 29.0 Å². The number of halogens is 1. The van der Waals surface area contributed by atoms with Gasteiger partial charge in [-0.05, 0) is 47.0 Å². The number of H-pyrrole nitrogens is 1. The normalized spacial score (nSPS) is 18.7. The van der Waals surface area contributed by atoms with Crippen LogP contribution in [-0.4, -0.2) is 60.5 Å². The Morgan fingerprint density at radius 1 is 0.949 bits per heavy atom. The number of hydrogen-bond acceptors (Lipinski definition) is 5. The van der Waals surface area contributed by atoms with Crippen molar-refractivity contribution in [1.82, 2.24) is 14.8 Å². The Kier molecular flexibility index (Phi) is 6.35. The summed E-state index contributed by atoms with van der Waals surface area (Å²) in [4.78, 5) is 34.8. The molecule has 4 aromatic rings. The molecule has 0 spiro atoms. The van der Waals surface area contributed by atoms with Gasteiger partial charge in [-0.25, -0.2) is 0 Å². The van der Waals surface area contributed by atoms with Crippen LogP contribution in [0.3, 0.4) is 0 Å². The van der Waals surface area contributed by atoms with Crippen molar-refractivity contribution in [2.24, 2.45) is 0 Å². The number of piperazine rings is 1. The fraction of sp³-hybridized carbons (Fsp3) is 0.267. The molecule has 2 amide bonds. The minimum Gasteiger partial charge on any atom is -0.493 e. The van der Waals surface area contributed by atoms with E-state index in [9.17, 15) is 9.59 Å². The maximum atomic E-state index is 14.0. The van der Waals surface area contributed by atoms with Gasteiger partial charge in [0.25, 0.3) is 0 Å². The van der Waals surface area contributed by atoms with Crippen LogP contribution in [0.25, 0.3) is 10.9 Å². The van der Waals surface area contributed by atoms with Crippen molar-refractivity contribution in [3.63, 3.8) is 0 Å². The first-order chi connectivity index (χ1) is 18.9. The number of benzene rings is 3. The highest BCUT2D eigenvalue weighted by molar-refractivity contribution is 6.30. The van der Waals surface area contributed by atoms with E-state index in [2.05, 4.69) is 4.98 Å². The molecule has 2 aliphatic heterocycles. The van der Waals surface area contributed by atoms with Crippen molar-refractivity contribution in [2.75, 3.05) is 27.9 Å². The maximum Gasteiger partial charge on any atom is 0.246 e. The molecule has 1 unspecified atom stereocenters. The summed E-state index contributed by atoms with van der Waals surface area (Å²) in [6.45, 7) is 0.316. The number of hydrogen-bond donors (Lipinski definition) is 1. The number of carbonyl (C=O) groups excluding carboxylic acids is 2. The zero-order chi connectivity index (χ0) is 27.3. The van der Waals surface area contributed by atoms with Crippen LogP contribution in [-0.2, 0) is 22.6 Å². The molecule has 6 rings (SSSR count). The van der Waals surface area contributed by atoms with E-state index >= 15 is 0 Å². The molecular formula is C30H28ClN3O5. The molecule has 39 heavy (non-hydrogen) atoms. The molecule has 3 aromatic carbocycles. The molecule has 2 atom stereocenters. The highest BCUT2D eigenvalue weighted by Gasteiger charge is 2.48. The topological polar surface area (TPSA) is 84.1 Å². The molecule has 2 aliphatic rings. The minimum absolute atomic E-state index is 0.0194. The standard InChI is InChI=1S/C30H28ClN3O5/c1-37-24-12-18(13-25(38-2)29(24)39-3)28-27-21(20-6-4-5-7-22(20)32-27)14-23-30(36)33(16-26(35)34(23)28)15-17-8-10-19(31)11-9-17/h4-13,23,28,32H,14-16H2,1-3H3/t23-,28?/m0/s1. The van der Waals surface area contributed by atoms with Gasteiger partial charge in [0.05, 0.1) is 27.4 Å². The molecule has 0 bridgehead atoms. The van der Waals surface area contributed by atoms with Crippen LogP contribution in [0.2, 0.25) is 5.02 Å². The predicted molar refractivity (Wildman–Crippen MR) is 147 cm³/mol. The summed E-state index contributed by atoms with van der Waals surface area (Å²) in [5, 5.41) is 1.66. The summed E-state index contributed by atoms with van der Waals surface area (Å²) in [7, 11) is 4.67. The van der Waals surface area contributed by atoms with Gasteiger partial charge in [-0.2, -0.15) is 0 Å². The molecule has 200 valence electrons. The van der Waals surface area contributed by atoms with Crippen molar-refractivity contribution in [1.29, 1.82) is 0 Å². The van der Waals surface area contributed by atoms with Crippen LogP contribution in [0, 0.1) is 0 Å². The molecule has 8 nitrogen and oxygen atoms in total. The molecule has 1 fully saturated rings. The van der Waals surface area contributed by atoms with E-state index in [1.54, 1.807) is 43.3 Å². The second-order valence-corrected chi connectivity index (χ2v) is 10.2. The van der Waals surface area contributed by atoms with Crippen molar-refractivity contribution in [2.45, 2.75) is 25.0 Å². The highest BCUT2D eigenvalue weighted by atomic mass is 35.5. The molecule has 0 saturated carbocycles. The van der Waals surface area contributed by atoms with Gasteiger partial charge in [0.1, 0.15) is 12.6 Å². The molecule has 1 saturated heterocycles. The lowest BCUT2D eigenvalue weighted by Gasteiger charge is -2.47. The summed E-state index contributed by atoms with van der Waals surface area (Å²) in [6, 6.07) is 17.8. The zero-order valence-electron chi connectivity index (χ0n) is 21.9. The summed E-state index contributed by atoms with van der Waals surface area (Å²) < 4.78 is 16.8. The van der Waals surface area contributed by atoms with Crippen LogP contribution in [0.5, 0.6) is 17.2 Å². The number of methoxy groups -OCH3 is 3. The number of ether oxygens (including phenoxy) is 3. The number of nitrogens with zero attached hydrogens (tertiary/aromatic N) is 2. The first-order valence-corrected chi connectivity index (χ1v) is 13.0. The summed E-state index contributed by atoms with van der Waals surface area (Å²) in [5.41, 5.74) is 4.54. The van der Waals surface area contributed by atoms with E-state index in [1.807, 2.05) is 48.5 Å². The maximum absolute atomic E-state index is 14.0. The van der Waals surface area contributed by atoms with Crippen molar-refractivity contribution in [3.8, 4) is 17.2 Å². The number of rotatable bonds is 6. The highest BCUT2D eigenvalue weighted by Crippen LogP contribution is 2.47. The molecule has 1 aromatic heterocycles. The van der Waals surface area contributed by atoms with E-state index in [1.165, 1.54) is 0 Å². The first kappa shape index (κ1) is 25.1. The average molecular weight is 546 g/mol. The zero-order valence-corrected chi connectivity index (χ0v) is 22.6. The number of fused-ring (bicyclic) bond motifs is 4. The Balaban J connectivity index is 1.48. The number of carbonyl (C=O) groups is 2. The number of amides is 2. The summed E-state index contributed by atoms with van der Waals surface area (Å²) in [6.07, 6.45) is 0.419. The first-order valence-electron chi connectivity index (χ1n) is 12.7. The molecule has 1 N–H and O–H groups in total. The van der Waals surface area contributed by atoms with Crippen molar-refractivity contribution >= 4 is 34.3 Å². The Morgan fingerprint density at radius 2 is 1.64 bits per heavy atom. The molecule has 0 aliphatic carbocycles. The van der Waals surface area contributed by atoms with Gasteiger partial charge >= 0.3 is 0 Å². The van der Waals surface area contributed by atoms with E-state index < -0.39 is 12.1 Å². The van der Waals surface area contributed by atoms with E-state index in [-0.39, 0.29) is 18.4 Å². The van der Waals surface area contributed by atoms with E-state index in [0.717, 1.165) is 33.3 Å². The lowest BCUT2D eigenvalue weighted by molar-refractivity contribution is -0.159. The van der Waals surface area contributed by atoms with Crippen LogP contribution in [0.1, 0.15) is 28.4 Å². The quantitative estimate of drug-likeness (QED) is 0.379. The Morgan fingerprint density at radius 3 is 2.31 bits per heavy atom. The SMILES string of the molecule is COc1cc(C2c3[nH]c4ccccc4c3C[C@H]3C(=O)N(Cc4ccc(Cl)cc4)CC(=O)N23)cc(OC)c1OC. The van der Waals surface area contributed by atoms with Crippen LogP contribution in [0.4, 0.5) is 0 Å². The third-order valence-electron chi connectivity index (χ3n) is 7.63. The lowest BCUT2D eigenvalue weighted by atomic mass is 9.86. The van der Waals surface area contributed by atoms with Crippen LogP contribution in [0.15, 0.2) is 60.7 Å². The number of aromatic nitrogens is 1. The van der Waals surface area contributed by atoms with Crippen molar-refractivity contribution < 1.29 is 23.8 Å². The summed E-state index contributed by atoms with van der Waals surface area (Å²) in [5.74, 6) is 1.20. The minimum atomic E-state index is -0.658. The predicted octanol–water partition coefficient (Wildman–Crippen LogP) is 4.73. The van der Waals surface area contributed by atoms with Crippen LogP contribution < -0.4 is 14.2 Å². The number of para-hydroxylation sites is 1. The summed E-state index contributed by atoms with van der Waals surface area (Å²) >= 11 is 6.05. The Bertz CT molecular complexity index is 1560. The van der Waals surface area contributed by atoms with E-state index in [4.69, 9.17) is 25.8 Å². The third-order valence-corrected chi connectivity index (χ3v) is 7.88. The molecule has 3 heterocycles. The van der Waals surface area contributed by atoms with Crippen molar-refractivity contribution in [3.05, 3.63) is 88.1 Å². The second kappa shape index (κ2) is 9.85. The van der Waals surface area contributed by atoms with Gasteiger partial charge in [0.15, 0.2) is 11.5 Å². The van der Waals surface area contributed by atoms with Gasteiger partial charge in [-0.15, -0.1) is 0 Å². The fourth-order valence-corrected chi connectivity index (χ4v) is 6.00. The van der Waals surface area contributed by atoms with Gasteiger partial charge in [-0.1, -0.05) is 41.9 Å². The Labute approximate surface area is 231 Å². The smallest absolute Gasteiger partial charge is 0.246 e. The molecule has 9 heteroatoms. The van der Waals surface area contributed by atoms with Gasteiger partial charge in [0.2, 0.25) is 17.6 Å². The third kappa shape index (κ3) is 4.15. The number of aromatic amines is 1. The fourth-order valence-electron chi connectivity index (χ4n) is 5.87. The Hall–Kier alpha value is -4.17. The number of nitrogens with one attached hydrogen (secondary N) is 1. The van der Waals surface area contributed by atoms with E-state index in [0.29, 0.717) is 35.2 Å². The average Bonchev–Trinajstić information content (AvgIpc) is 3.33. The largest absolute Gasteiger partial charge is 0.493 e. The van der Waals surface area contributed by atoms with Gasteiger partial charge in [-0.3, -0.25) is 9.59 Å². The van der Waals surface area contributed by atoms with Gasteiger partial charge in [0, 0.05) is 34.6 Å². The van der Waals surface area contributed by atoms with Crippen LogP contribution >= 0.6 is 11.6 Å². The second-order valence-electron chi connectivity index (χ2n) is 9.77.